The third-order valence-corrected chi connectivity index (χ3v) is 8.16. The summed E-state index contributed by atoms with van der Waals surface area (Å²) < 4.78 is 7.36. The van der Waals surface area contributed by atoms with Crippen molar-refractivity contribution in [3.8, 4) is 0 Å². The maximum atomic E-state index is 13.2. The zero-order valence-electron chi connectivity index (χ0n) is 18.1. The van der Waals surface area contributed by atoms with Crippen LogP contribution in [-0.2, 0) is 20.9 Å². The van der Waals surface area contributed by atoms with E-state index in [2.05, 4.69) is 0 Å². The average Bonchev–Trinajstić information content (AvgIpc) is 2.79. The van der Waals surface area contributed by atoms with Crippen molar-refractivity contribution in [2.75, 3.05) is 6.61 Å². The fourth-order valence-electron chi connectivity index (χ4n) is 7.17. The molecule has 4 saturated carbocycles. The van der Waals surface area contributed by atoms with E-state index in [4.69, 9.17) is 4.74 Å². The van der Waals surface area contributed by atoms with E-state index < -0.39 is 5.97 Å². The summed E-state index contributed by atoms with van der Waals surface area (Å²) in [5, 5.41) is 1.15. The lowest BCUT2D eigenvalue weighted by molar-refractivity contribution is -0.158. The highest BCUT2D eigenvalue weighted by atomic mass is 16.5. The fraction of sp³-hybridized carbons (Fsp3) is 0.444. The first-order valence-electron chi connectivity index (χ1n) is 11.7. The number of benzene rings is 2. The highest BCUT2D eigenvalue weighted by Gasteiger charge is 2.54. The van der Waals surface area contributed by atoms with Crippen LogP contribution in [0, 0.1) is 23.2 Å². The summed E-state index contributed by atoms with van der Waals surface area (Å²) in [5.74, 6) is 1.71. The molecule has 0 atom stereocenters. The van der Waals surface area contributed by atoms with Crippen LogP contribution in [0.25, 0.3) is 21.8 Å². The number of aromatic nitrogens is 1. The second kappa shape index (κ2) is 7.29. The Bertz CT molecular complexity index is 1210. The van der Waals surface area contributed by atoms with E-state index in [9.17, 15) is 14.4 Å². The van der Waals surface area contributed by atoms with E-state index in [0.29, 0.717) is 39.6 Å². The molecule has 7 rings (SSSR count). The molecule has 4 aliphatic carbocycles. The van der Waals surface area contributed by atoms with E-state index >= 15 is 0 Å². The number of carbonyl (C=O) groups is 2. The van der Waals surface area contributed by atoms with Crippen LogP contribution in [0.4, 0.5) is 0 Å². The van der Waals surface area contributed by atoms with Gasteiger partial charge in [0.1, 0.15) is 6.54 Å². The van der Waals surface area contributed by atoms with E-state index in [1.807, 2.05) is 41.0 Å². The lowest BCUT2D eigenvalue weighted by atomic mass is 9.48. The Hall–Kier alpha value is -2.95. The quantitative estimate of drug-likeness (QED) is 0.443. The van der Waals surface area contributed by atoms with Gasteiger partial charge >= 0.3 is 5.97 Å². The molecule has 2 aromatic carbocycles. The first-order valence-corrected chi connectivity index (χ1v) is 11.7. The molecule has 3 aromatic rings. The standard InChI is InChI=1S/C27H27NO4/c29-24(27-12-17-9-18(13-27)11-19(10-17)14-27)16-32-25(30)15-28-22-7-3-1-5-20(22)26(31)21-6-2-4-8-23(21)28/h1-8,17-19H,9-16H2. The molecule has 0 unspecified atom stereocenters. The predicted octanol–water partition coefficient (Wildman–Crippen LogP) is 4.48. The van der Waals surface area contributed by atoms with Crippen LogP contribution in [0.2, 0.25) is 0 Å². The number of fused-ring (bicyclic) bond motifs is 2. The molecule has 0 aliphatic heterocycles. The van der Waals surface area contributed by atoms with Gasteiger partial charge in [-0.3, -0.25) is 14.4 Å². The maximum Gasteiger partial charge on any atom is 0.326 e. The molecule has 0 saturated heterocycles. The number of rotatable bonds is 5. The molecule has 0 radical (unpaired) electrons. The molecule has 1 heterocycles. The summed E-state index contributed by atoms with van der Waals surface area (Å²) in [5.41, 5.74) is 1.09. The van der Waals surface area contributed by atoms with Crippen molar-refractivity contribution in [1.29, 1.82) is 0 Å². The SMILES string of the molecule is O=C(Cn1c2ccccc2c(=O)c2ccccc21)OCC(=O)C12CC3CC(CC(C3)C1)C2. The minimum absolute atomic E-state index is 0.0323. The molecule has 0 spiro atoms. The Morgan fingerprint density at radius 1 is 0.844 bits per heavy atom. The van der Waals surface area contributed by atoms with Crippen molar-refractivity contribution in [2.24, 2.45) is 23.2 Å². The molecule has 0 amide bonds. The van der Waals surface area contributed by atoms with Crippen LogP contribution in [0.15, 0.2) is 53.3 Å². The molecule has 4 aliphatic rings. The third-order valence-electron chi connectivity index (χ3n) is 8.16. The largest absolute Gasteiger partial charge is 0.456 e. The van der Waals surface area contributed by atoms with Gasteiger partial charge in [0, 0.05) is 16.2 Å². The highest BCUT2D eigenvalue weighted by molar-refractivity contribution is 5.94. The predicted molar refractivity (Wildman–Crippen MR) is 122 cm³/mol. The molecule has 5 nitrogen and oxygen atoms in total. The summed E-state index contributed by atoms with van der Waals surface area (Å²) in [6.07, 6.45) is 6.76. The van der Waals surface area contributed by atoms with Crippen molar-refractivity contribution in [3.05, 3.63) is 58.8 Å². The highest BCUT2D eigenvalue weighted by Crippen LogP contribution is 2.60. The van der Waals surface area contributed by atoms with Gasteiger partial charge in [0.25, 0.3) is 0 Å². The van der Waals surface area contributed by atoms with Crippen LogP contribution in [-0.4, -0.2) is 22.9 Å². The number of ether oxygens (including phenoxy) is 1. The third kappa shape index (κ3) is 3.09. The van der Waals surface area contributed by atoms with Gasteiger partial charge in [-0.2, -0.15) is 0 Å². The van der Waals surface area contributed by atoms with Gasteiger partial charge in [-0.1, -0.05) is 24.3 Å². The molecule has 1 aromatic heterocycles. The van der Waals surface area contributed by atoms with Crippen molar-refractivity contribution >= 4 is 33.6 Å². The number of carbonyl (C=O) groups excluding carboxylic acids is 2. The molecule has 0 N–H and O–H groups in total. The first kappa shape index (κ1) is 19.7. The Morgan fingerprint density at radius 3 is 1.88 bits per heavy atom. The average molecular weight is 430 g/mol. The van der Waals surface area contributed by atoms with Crippen molar-refractivity contribution in [2.45, 2.75) is 45.1 Å². The Balaban J connectivity index is 1.24. The number of hydrogen-bond donors (Lipinski definition) is 0. The summed E-state index contributed by atoms with van der Waals surface area (Å²) in [7, 11) is 0. The Morgan fingerprint density at radius 2 is 1.34 bits per heavy atom. The van der Waals surface area contributed by atoms with E-state index in [1.165, 1.54) is 19.3 Å². The number of hydrogen-bond acceptors (Lipinski definition) is 4. The Labute approximate surface area is 186 Å². The maximum absolute atomic E-state index is 13.2. The number of nitrogens with zero attached hydrogens (tertiary/aromatic N) is 1. The van der Waals surface area contributed by atoms with E-state index in [-0.39, 0.29) is 29.8 Å². The van der Waals surface area contributed by atoms with Gasteiger partial charge in [-0.15, -0.1) is 0 Å². The summed E-state index contributed by atoms with van der Waals surface area (Å²) >= 11 is 0. The fourth-order valence-corrected chi connectivity index (χ4v) is 7.17. The summed E-state index contributed by atoms with van der Waals surface area (Å²) in [6, 6.07) is 14.6. The second-order valence-electron chi connectivity index (χ2n) is 10.2. The summed E-state index contributed by atoms with van der Waals surface area (Å²) in [6.45, 7) is -0.170. The normalized spacial score (nSPS) is 28.3. The van der Waals surface area contributed by atoms with Crippen LogP contribution >= 0.6 is 0 Å². The van der Waals surface area contributed by atoms with Gasteiger partial charge in [0.15, 0.2) is 17.8 Å². The zero-order valence-corrected chi connectivity index (χ0v) is 18.1. The molecule has 4 fully saturated rings. The number of para-hydroxylation sites is 2. The minimum Gasteiger partial charge on any atom is -0.456 e. The van der Waals surface area contributed by atoms with Crippen LogP contribution in [0.3, 0.4) is 0 Å². The smallest absolute Gasteiger partial charge is 0.326 e. The number of Topliss-reactive ketones (excluding diaryl/α,β-unsaturated/α-hetero) is 1. The topological polar surface area (TPSA) is 65.4 Å². The number of ketones is 1. The van der Waals surface area contributed by atoms with Gasteiger partial charge < -0.3 is 9.30 Å². The first-order chi connectivity index (χ1) is 15.5. The number of esters is 1. The lowest BCUT2D eigenvalue weighted by Gasteiger charge is -2.55. The lowest BCUT2D eigenvalue weighted by Crippen LogP contribution is -2.51. The van der Waals surface area contributed by atoms with Crippen LogP contribution in [0.5, 0.6) is 0 Å². The van der Waals surface area contributed by atoms with Gasteiger partial charge in [-0.05, 0) is 80.5 Å². The molecule has 5 heteroatoms. The summed E-state index contributed by atoms with van der Waals surface area (Å²) in [4.78, 5) is 38.9. The van der Waals surface area contributed by atoms with Gasteiger partial charge in [-0.25, -0.2) is 0 Å². The van der Waals surface area contributed by atoms with E-state index in [1.54, 1.807) is 12.1 Å². The van der Waals surface area contributed by atoms with Gasteiger partial charge in [0.05, 0.1) is 11.0 Å². The minimum atomic E-state index is -0.443. The van der Waals surface area contributed by atoms with Crippen molar-refractivity contribution in [3.63, 3.8) is 0 Å². The number of pyridine rings is 1. The van der Waals surface area contributed by atoms with Crippen LogP contribution in [0.1, 0.15) is 38.5 Å². The van der Waals surface area contributed by atoms with Crippen LogP contribution < -0.4 is 5.43 Å². The van der Waals surface area contributed by atoms with Crippen molar-refractivity contribution in [1.82, 2.24) is 4.57 Å². The van der Waals surface area contributed by atoms with Gasteiger partial charge in [0.2, 0.25) is 0 Å². The van der Waals surface area contributed by atoms with E-state index in [0.717, 1.165) is 19.3 Å². The molecule has 4 bridgehead atoms. The molecular formula is C27H27NO4. The molecule has 164 valence electrons. The van der Waals surface area contributed by atoms with Crippen molar-refractivity contribution < 1.29 is 14.3 Å². The Kier molecular flexibility index (Phi) is 4.49. The molecule has 32 heavy (non-hydrogen) atoms. The second-order valence-corrected chi connectivity index (χ2v) is 10.2. The molecular weight excluding hydrogens is 402 g/mol. The monoisotopic (exact) mass is 429 g/mol. The zero-order chi connectivity index (χ0) is 21.9.